The van der Waals surface area contributed by atoms with Crippen LogP contribution in [0.15, 0.2) is 0 Å². The monoisotopic (exact) mass is 290 g/mol. The Morgan fingerprint density at radius 3 is 2.75 bits per heavy atom. The van der Waals surface area contributed by atoms with Crippen molar-refractivity contribution in [3.8, 4) is 0 Å². The van der Waals surface area contributed by atoms with Gasteiger partial charge in [0.25, 0.3) is 0 Å². The Bertz CT molecular complexity index is 568. The van der Waals surface area contributed by atoms with Crippen molar-refractivity contribution in [2.75, 3.05) is 13.6 Å². The molecule has 4 rings (SSSR count). The van der Waals surface area contributed by atoms with Gasteiger partial charge in [-0.25, -0.2) is 4.98 Å². The van der Waals surface area contributed by atoms with Gasteiger partial charge in [0.15, 0.2) is 0 Å². The van der Waals surface area contributed by atoms with Crippen LogP contribution in [0, 0.1) is 4.64 Å². The van der Waals surface area contributed by atoms with Crippen molar-refractivity contribution < 1.29 is 0 Å². The van der Waals surface area contributed by atoms with Crippen molar-refractivity contribution in [1.29, 1.82) is 0 Å². The van der Waals surface area contributed by atoms with E-state index in [1.807, 2.05) is 0 Å². The number of aromatic amines is 1. The maximum Gasteiger partial charge on any atom is 0.134 e. The van der Waals surface area contributed by atoms with Crippen LogP contribution in [0.1, 0.15) is 48.7 Å². The van der Waals surface area contributed by atoms with Gasteiger partial charge in [0.1, 0.15) is 10.5 Å². The van der Waals surface area contributed by atoms with Gasteiger partial charge in [-0.3, -0.25) is 0 Å². The van der Waals surface area contributed by atoms with E-state index in [1.54, 1.807) is 0 Å². The molecule has 1 aromatic rings. The third-order valence-corrected chi connectivity index (χ3v) is 5.80. The fourth-order valence-electron chi connectivity index (χ4n) is 4.21. The standard InChI is InChI=1S/C15H22N4S/c1-19-10-2-3-11(19)7-9(6-10)14-17-13-4-5-16-8-12(13)15(20)18-14/h9-11,16H,2-8H2,1H3,(H,17,18,20). The van der Waals surface area contributed by atoms with Gasteiger partial charge in [0.2, 0.25) is 0 Å². The van der Waals surface area contributed by atoms with E-state index in [9.17, 15) is 0 Å². The summed E-state index contributed by atoms with van der Waals surface area (Å²) in [5.41, 5.74) is 2.54. The molecule has 0 radical (unpaired) electrons. The van der Waals surface area contributed by atoms with Crippen molar-refractivity contribution in [2.24, 2.45) is 0 Å². The van der Waals surface area contributed by atoms with Gasteiger partial charge in [-0.15, -0.1) is 0 Å². The Morgan fingerprint density at radius 1 is 1.25 bits per heavy atom. The average molecular weight is 290 g/mol. The van der Waals surface area contributed by atoms with Crippen LogP contribution in [0.5, 0.6) is 0 Å². The van der Waals surface area contributed by atoms with Gasteiger partial charge in [-0.05, 0) is 32.7 Å². The minimum absolute atomic E-state index is 0.575. The third kappa shape index (κ3) is 2.03. The molecule has 0 aliphatic carbocycles. The summed E-state index contributed by atoms with van der Waals surface area (Å²) in [6.07, 6.45) is 6.24. The minimum Gasteiger partial charge on any atom is -0.347 e. The summed E-state index contributed by atoms with van der Waals surface area (Å²) in [6.45, 7) is 1.91. The molecule has 2 unspecified atom stereocenters. The second-order valence-electron chi connectivity index (χ2n) is 6.53. The number of aromatic nitrogens is 2. The fraction of sp³-hybridized carbons (Fsp3) is 0.733. The second-order valence-corrected chi connectivity index (χ2v) is 6.92. The molecule has 0 saturated carbocycles. The zero-order valence-electron chi connectivity index (χ0n) is 12.0. The molecule has 108 valence electrons. The molecule has 0 spiro atoms. The number of piperidine rings is 1. The molecule has 3 aliphatic rings. The predicted molar refractivity (Wildman–Crippen MR) is 81.4 cm³/mol. The van der Waals surface area contributed by atoms with E-state index in [4.69, 9.17) is 17.2 Å². The highest BCUT2D eigenvalue weighted by molar-refractivity contribution is 7.71. The van der Waals surface area contributed by atoms with Crippen LogP contribution in [0.2, 0.25) is 0 Å². The lowest BCUT2D eigenvalue weighted by molar-refractivity contribution is 0.158. The Morgan fingerprint density at radius 2 is 2.00 bits per heavy atom. The smallest absolute Gasteiger partial charge is 0.134 e. The number of nitrogens with zero attached hydrogens (tertiary/aromatic N) is 2. The zero-order valence-corrected chi connectivity index (χ0v) is 12.8. The van der Waals surface area contributed by atoms with Crippen LogP contribution in [-0.4, -0.2) is 40.5 Å². The first kappa shape index (κ1) is 12.9. The van der Waals surface area contributed by atoms with E-state index in [0.717, 1.165) is 42.1 Å². The van der Waals surface area contributed by atoms with Gasteiger partial charge < -0.3 is 15.2 Å². The van der Waals surface area contributed by atoms with Crippen molar-refractivity contribution >= 4 is 12.2 Å². The first-order valence-electron chi connectivity index (χ1n) is 7.77. The molecule has 0 aromatic carbocycles. The van der Waals surface area contributed by atoms with E-state index in [1.165, 1.54) is 36.9 Å². The van der Waals surface area contributed by atoms with E-state index in [0.29, 0.717) is 5.92 Å². The maximum absolute atomic E-state index is 5.51. The molecule has 1 aromatic heterocycles. The topological polar surface area (TPSA) is 44.0 Å². The Hall–Kier alpha value is -0.780. The molecule has 5 heteroatoms. The van der Waals surface area contributed by atoms with Gasteiger partial charge in [-0.2, -0.15) is 0 Å². The second kappa shape index (κ2) is 4.90. The number of hydrogen-bond donors (Lipinski definition) is 2. The highest BCUT2D eigenvalue weighted by atomic mass is 32.1. The molecule has 3 aliphatic heterocycles. The van der Waals surface area contributed by atoms with Gasteiger partial charge in [0, 0.05) is 48.8 Å². The lowest BCUT2D eigenvalue weighted by Crippen LogP contribution is -2.39. The Labute approximate surface area is 125 Å². The summed E-state index contributed by atoms with van der Waals surface area (Å²) < 4.78 is 0.812. The zero-order chi connectivity index (χ0) is 13.7. The van der Waals surface area contributed by atoms with Crippen LogP contribution < -0.4 is 5.32 Å². The lowest BCUT2D eigenvalue weighted by Gasteiger charge is -2.36. The number of fused-ring (bicyclic) bond motifs is 3. The quantitative estimate of drug-likeness (QED) is 0.778. The minimum atomic E-state index is 0.575. The summed E-state index contributed by atoms with van der Waals surface area (Å²) in [5, 5.41) is 3.38. The number of rotatable bonds is 1. The molecule has 0 amide bonds. The van der Waals surface area contributed by atoms with Crippen LogP contribution in [0.4, 0.5) is 0 Å². The molecular formula is C15H22N4S. The van der Waals surface area contributed by atoms with Crippen LogP contribution in [-0.2, 0) is 13.0 Å². The summed E-state index contributed by atoms with van der Waals surface area (Å²) in [4.78, 5) is 10.9. The van der Waals surface area contributed by atoms with Crippen LogP contribution in [0.3, 0.4) is 0 Å². The van der Waals surface area contributed by atoms with Crippen molar-refractivity contribution in [3.63, 3.8) is 0 Å². The average Bonchev–Trinajstić information content (AvgIpc) is 2.68. The molecule has 2 N–H and O–H groups in total. The SMILES string of the molecule is CN1C2CCC1CC(c1nc(=S)c3c([nH]1)CCNC3)C2. The Kier molecular flexibility index (Phi) is 3.16. The normalized spacial score (nSPS) is 33.1. The van der Waals surface area contributed by atoms with E-state index in [2.05, 4.69) is 22.2 Å². The summed E-state index contributed by atoms with van der Waals surface area (Å²) >= 11 is 5.51. The van der Waals surface area contributed by atoms with Crippen LogP contribution in [0.25, 0.3) is 0 Å². The molecule has 2 bridgehead atoms. The number of hydrogen-bond acceptors (Lipinski definition) is 4. The first-order chi connectivity index (χ1) is 9.72. The van der Waals surface area contributed by atoms with Crippen molar-refractivity contribution in [1.82, 2.24) is 20.2 Å². The molecule has 4 heterocycles. The summed E-state index contributed by atoms with van der Waals surface area (Å²) in [6, 6.07) is 1.50. The van der Waals surface area contributed by atoms with Crippen molar-refractivity contribution in [2.45, 2.75) is 56.7 Å². The predicted octanol–water partition coefficient (Wildman–Crippen LogP) is 2.13. The maximum atomic E-state index is 5.51. The lowest BCUT2D eigenvalue weighted by atomic mass is 9.90. The van der Waals surface area contributed by atoms with E-state index in [-0.39, 0.29) is 0 Å². The fourth-order valence-corrected chi connectivity index (χ4v) is 4.51. The molecule has 20 heavy (non-hydrogen) atoms. The third-order valence-electron chi connectivity index (χ3n) is 5.46. The van der Waals surface area contributed by atoms with E-state index < -0.39 is 0 Å². The molecule has 2 saturated heterocycles. The van der Waals surface area contributed by atoms with Gasteiger partial charge in [-0.1, -0.05) is 12.2 Å². The highest BCUT2D eigenvalue weighted by Crippen LogP contribution is 2.41. The highest BCUT2D eigenvalue weighted by Gasteiger charge is 2.39. The molecule has 4 nitrogen and oxygen atoms in total. The van der Waals surface area contributed by atoms with Gasteiger partial charge in [0.05, 0.1) is 0 Å². The molecule has 2 fully saturated rings. The number of nitrogens with one attached hydrogen (secondary N) is 2. The first-order valence-corrected chi connectivity index (χ1v) is 8.18. The van der Waals surface area contributed by atoms with Crippen molar-refractivity contribution in [3.05, 3.63) is 21.7 Å². The van der Waals surface area contributed by atoms with Gasteiger partial charge >= 0.3 is 0 Å². The Balaban J connectivity index is 1.66. The molecular weight excluding hydrogens is 268 g/mol. The summed E-state index contributed by atoms with van der Waals surface area (Å²) in [5.74, 6) is 1.73. The summed E-state index contributed by atoms with van der Waals surface area (Å²) in [7, 11) is 2.28. The van der Waals surface area contributed by atoms with E-state index >= 15 is 0 Å². The molecule has 2 atom stereocenters. The largest absolute Gasteiger partial charge is 0.347 e. The number of H-pyrrole nitrogens is 1. The van der Waals surface area contributed by atoms with Crippen LogP contribution >= 0.6 is 12.2 Å².